The van der Waals surface area contributed by atoms with Crippen LogP contribution in [0.5, 0.6) is 0 Å². The number of nitrogens with one attached hydrogen (secondary N) is 1. The Labute approximate surface area is 180 Å². The van der Waals surface area contributed by atoms with Crippen LogP contribution in [0.3, 0.4) is 0 Å². The van der Waals surface area contributed by atoms with Crippen molar-refractivity contribution < 1.29 is 9.90 Å². The molecule has 2 aromatic carbocycles. The van der Waals surface area contributed by atoms with E-state index in [0.29, 0.717) is 24.1 Å². The van der Waals surface area contributed by atoms with Gasteiger partial charge in [-0.25, -0.2) is 14.5 Å². The largest absolute Gasteiger partial charge is 0.392 e. The van der Waals surface area contributed by atoms with Crippen LogP contribution in [0.15, 0.2) is 53.3 Å². The van der Waals surface area contributed by atoms with E-state index >= 15 is 0 Å². The Kier molecular flexibility index (Phi) is 5.19. The maximum absolute atomic E-state index is 12.5. The molecular weight excluding hydrogens is 392 g/mol. The van der Waals surface area contributed by atoms with Crippen molar-refractivity contribution in [2.24, 2.45) is 11.8 Å². The number of aliphatic hydroxyl groups excluding tert-OH is 1. The van der Waals surface area contributed by atoms with Crippen molar-refractivity contribution in [2.45, 2.75) is 32.3 Å². The fraction of sp³-hybridized carbons (Fsp3) is 0.375. The highest BCUT2D eigenvalue weighted by atomic mass is 16.3. The Morgan fingerprint density at radius 2 is 1.71 bits per heavy atom. The zero-order chi connectivity index (χ0) is 21.4. The molecular formula is C24H26N4O3. The van der Waals surface area contributed by atoms with E-state index in [1.807, 2.05) is 53.4 Å². The van der Waals surface area contributed by atoms with Crippen molar-refractivity contribution >= 4 is 5.91 Å². The molecule has 5 rings (SSSR count). The van der Waals surface area contributed by atoms with Gasteiger partial charge in [0.1, 0.15) is 5.82 Å². The summed E-state index contributed by atoms with van der Waals surface area (Å²) in [4.78, 5) is 26.8. The molecule has 7 heteroatoms. The predicted octanol–water partition coefficient (Wildman–Crippen LogP) is 2.52. The highest BCUT2D eigenvalue weighted by Crippen LogP contribution is 2.33. The van der Waals surface area contributed by atoms with E-state index < -0.39 is 0 Å². The molecule has 7 nitrogen and oxygen atoms in total. The van der Waals surface area contributed by atoms with E-state index in [4.69, 9.17) is 0 Å². The van der Waals surface area contributed by atoms with Crippen molar-refractivity contribution in [1.29, 1.82) is 0 Å². The number of hydrogen-bond acceptors (Lipinski definition) is 4. The summed E-state index contributed by atoms with van der Waals surface area (Å²) in [5, 5.41) is 16.1. The molecule has 160 valence electrons. The minimum Gasteiger partial charge on any atom is -0.392 e. The number of rotatable bonds is 6. The number of benzene rings is 2. The fourth-order valence-electron chi connectivity index (χ4n) is 4.38. The van der Waals surface area contributed by atoms with Crippen LogP contribution in [0.1, 0.15) is 30.7 Å². The highest BCUT2D eigenvalue weighted by molar-refractivity contribution is 5.81. The molecule has 0 unspecified atom stereocenters. The molecule has 1 aliphatic heterocycles. The third-order valence-corrected chi connectivity index (χ3v) is 6.33. The first kappa shape index (κ1) is 19.8. The summed E-state index contributed by atoms with van der Waals surface area (Å²) in [7, 11) is 0. The lowest BCUT2D eigenvalue weighted by molar-refractivity contribution is -0.131. The lowest BCUT2D eigenvalue weighted by Crippen LogP contribution is -2.30. The van der Waals surface area contributed by atoms with E-state index in [0.717, 1.165) is 54.7 Å². The average molecular weight is 418 g/mol. The first-order chi connectivity index (χ1) is 15.1. The second-order valence-electron chi connectivity index (χ2n) is 8.60. The molecule has 1 atom stereocenters. The molecule has 2 fully saturated rings. The lowest BCUT2D eigenvalue weighted by Gasteiger charge is -2.16. The Bertz CT molecular complexity index is 1130. The van der Waals surface area contributed by atoms with Crippen molar-refractivity contribution in [1.82, 2.24) is 19.7 Å². The van der Waals surface area contributed by atoms with Gasteiger partial charge in [-0.05, 0) is 54.0 Å². The van der Waals surface area contributed by atoms with Crippen LogP contribution in [-0.4, -0.2) is 43.8 Å². The Balaban J connectivity index is 1.32. The third kappa shape index (κ3) is 4.05. The number of carbonyl (C=O) groups excluding carboxylic acids is 1. The monoisotopic (exact) mass is 418 g/mol. The van der Waals surface area contributed by atoms with Gasteiger partial charge in [-0.2, -0.15) is 5.10 Å². The normalized spacial score (nSPS) is 18.5. The molecule has 0 spiro atoms. The van der Waals surface area contributed by atoms with Crippen LogP contribution < -0.4 is 5.69 Å². The number of hydrogen-bond donors (Lipinski definition) is 2. The van der Waals surface area contributed by atoms with Crippen LogP contribution in [0.4, 0.5) is 0 Å². The second kappa shape index (κ2) is 8.15. The van der Waals surface area contributed by atoms with Crippen LogP contribution in [0.2, 0.25) is 0 Å². The number of aliphatic hydroxyl groups is 1. The summed E-state index contributed by atoms with van der Waals surface area (Å²) < 4.78 is 1.63. The number of aromatic amines is 1. The smallest absolute Gasteiger partial charge is 0.347 e. The Morgan fingerprint density at radius 1 is 1.03 bits per heavy atom. The second-order valence-corrected chi connectivity index (χ2v) is 8.60. The first-order valence-corrected chi connectivity index (χ1v) is 10.9. The number of amides is 1. The topological polar surface area (TPSA) is 91.2 Å². The summed E-state index contributed by atoms with van der Waals surface area (Å²) in [6.07, 6.45) is 3.67. The van der Waals surface area contributed by atoms with Gasteiger partial charge in [0.25, 0.3) is 0 Å². The molecule has 1 saturated carbocycles. The minimum atomic E-state index is -0.251. The van der Waals surface area contributed by atoms with Gasteiger partial charge in [-0.1, -0.05) is 36.4 Å². The molecule has 1 saturated heterocycles. The average Bonchev–Trinajstić information content (AvgIpc) is 3.45. The minimum absolute atomic E-state index is 0.0267. The Morgan fingerprint density at radius 3 is 2.35 bits per heavy atom. The maximum atomic E-state index is 12.5. The van der Waals surface area contributed by atoms with Crippen LogP contribution in [-0.2, 0) is 17.8 Å². The van der Waals surface area contributed by atoms with Crippen molar-refractivity contribution in [3.63, 3.8) is 0 Å². The molecule has 2 aliphatic rings. The van der Waals surface area contributed by atoms with E-state index in [2.05, 4.69) is 10.2 Å². The quantitative estimate of drug-likeness (QED) is 0.644. The van der Waals surface area contributed by atoms with E-state index in [1.165, 1.54) is 0 Å². The summed E-state index contributed by atoms with van der Waals surface area (Å²) in [5.74, 6) is 1.57. The molecule has 1 aliphatic carbocycles. The molecule has 2 heterocycles. The van der Waals surface area contributed by atoms with Gasteiger partial charge in [-0.3, -0.25) is 4.79 Å². The fourth-order valence-corrected chi connectivity index (χ4v) is 4.38. The van der Waals surface area contributed by atoms with Crippen LogP contribution in [0.25, 0.3) is 16.8 Å². The number of H-pyrrole nitrogens is 1. The molecule has 1 aromatic heterocycles. The van der Waals surface area contributed by atoms with Gasteiger partial charge in [0, 0.05) is 25.4 Å². The van der Waals surface area contributed by atoms with Gasteiger partial charge in [-0.15, -0.1) is 0 Å². The summed E-state index contributed by atoms with van der Waals surface area (Å²) in [6.45, 7) is 1.58. The highest BCUT2D eigenvalue weighted by Gasteiger charge is 2.36. The third-order valence-electron chi connectivity index (χ3n) is 6.33. The van der Waals surface area contributed by atoms with Crippen molar-refractivity contribution in [2.75, 3.05) is 13.1 Å². The summed E-state index contributed by atoms with van der Waals surface area (Å²) >= 11 is 0. The standard InChI is InChI=1S/C24H26N4O3/c29-15-16-1-3-18(4-2-16)19-7-9-21(10-8-19)28-22(25-26-24(28)31)13-17-11-12-27(14-17)23(30)20-5-6-20/h1-4,7-10,17,20,29H,5-6,11-15H2,(H,26,31)/t17-/m0/s1. The van der Waals surface area contributed by atoms with Gasteiger partial charge in [0.2, 0.25) is 5.91 Å². The van der Waals surface area contributed by atoms with Crippen molar-refractivity contribution in [3.05, 3.63) is 70.4 Å². The number of likely N-dealkylation sites (tertiary alicyclic amines) is 1. The van der Waals surface area contributed by atoms with Gasteiger partial charge in [0.15, 0.2) is 0 Å². The van der Waals surface area contributed by atoms with E-state index in [9.17, 15) is 14.7 Å². The number of nitrogens with zero attached hydrogens (tertiary/aromatic N) is 3. The van der Waals surface area contributed by atoms with E-state index in [1.54, 1.807) is 4.57 Å². The summed E-state index contributed by atoms with van der Waals surface area (Å²) in [5.41, 5.74) is 3.48. The maximum Gasteiger partial charge on any atom is 0.347 e. The zero-order valence-corrected chi connectivity index (χ0v) is 17.3. The van der Waals surface area contributed by atoms with E-state index in [-0.39, 0.29) is 18.2 Å². The molecule has 0 radical (unpaired) electrons. The summed E-state index contributed by atoms with van der Waals surface area (Å²) in [6, 6.07) is 15.6. The molecule has 0 bridgehead atoms. The molecule has 2 N–H and O–H groups in total. The van der Waals surface area contributed by atoms with Crippen LogP contribution >= 0.6 is 0 Å². The van der Waals surface area contributed by atoms with Crippen molar-refractivity contribution in [3.8, 4) is 16.8 Å². The zero-order valence-electron chi connectivity index (χ0n) is 17.3. The molecule has 3 aromatic rings. The Hall–Kier alpha value is -3.19. The number of carbonyl (C=O) groups is 1. The SMILES string of the molecule is O=C(C1CC1)N1CC[C@@H](Cc2n[nH]c(=O)n2-c2ccc(-c3ccc(CO)cc3)cc2)C1. The lowest BCUT2D eigenvalue weighted by atomic mass is 10.0. The van der Waals surface area contributed by atoms with Crippen LogP contribution in [0, 0.1) is 11.8 Å². The predicted molar refractivity (Wildman–Crippen MR) is 117 cm³/mol. The van der Waals surface area contributed by atoms with Gasteiger partial charge in [0.05, 0.1) is 12.3 Å². The first-order valence-electron chi connectivity index (χ1n) is 10.9. The molecule has 1 amide bonds. The van der Waals surface area contributed by atoms with Gasteiger partial charge >= 0.3 is 5.69 Å². The molecule has 31 heavy (non-hydrogen) atoms. The van der Waals surface area contributed by atoms with Gasteiger partial charge < -0.3 is 10.0 Å². The number of aromatic nitrogens is 3.